The summed E-state index contributed by atoms with van der Waals surface area (Å²) in [5, 5.41) is 10.4. The van der Waals surface area contributed by atoms with E-state index >= 15 is 0 Å². The van der Waals surface area contributed by atoms with Crippen LogP contribution in [0.5, 0.6) is 0 Å². The summed E-state index contributed by atoms with van der Waals surface area (Å²) in [7, 11) is 0. The Bertz CT molecular complexity index is 393. The molecule has 2 heterocycles. The van der Waals surface area contributed by atoms with E-state index in [1.54, 1.807) is 10.9 Å². The fraction of sp³-hybridized carbons (Fsp3) is 0.667. The van der Waals surface area contributed by atoms with Gasteiger partial charge in [0.25, 0.3) is 0 Å². The molecule has 5 heteroatoms. The summed E-state index contributed by atoms with van der Waals surface area (Å²) in [6.07, 6.45) is 4.84. The molecule has 17 heavy (non-hydrogen) atoms. The van der Waals surface area contributed by atoms with E-state index in [9.17, 15) is 4.79 Å². The first kappa shape index (κ1) is 12.1. The second kappa shape index (κ2) is 4.87. The number of carbonyl (C=O) groups is 1. The van der Waals surface area contributed by atoms with Crippen LogP contribution in [0.25, 0.3) is 0 Å². The van der Waals surface area contributed by atoms with Crippen LogP contribution in [0.3, 0.4) is 0 Å². The molecule has 94 valence electrons. The summed E-state index contributed by atoms with van der Waals surface area (Å²) in [4.78, 5) is 12.2. The minimum absolute atomic E-state index is 0.0346. The van der Waals surface area contributed by atoms with Crippen LogP contribution in [0.2, 0.25) is 0 Å². The zero-order valence-corrected chi connectivity index (χ0v) is 10.5. The first-order valence-electron chi connectivity index (χ1n) is 6.24. The maximum atomic E-state index is 12.2. The lowest BCUT2D eigenvalue weighted by Gasteiger charge is -2.33. The Balaban J connectivity index is 2.05. The van der Waals surface area contributed by atoms with E-state index in [-0.39, 0.29) is 5.91 Å². The molecule has 2 rings (SSSR count). The van der Waals surface area contributed by atoms with Gasteiger partial charge >= 0.3 is 0 Å². The van der Waals surface area contributed by atoms with Crippen LogP contribution in [0.1, 0.15) is 33.1 Å². The van der Waals surface area contributed by atoms with E-state index in [2.05, 4.69) is 15.7 Å². The third kappa shape index (κ3) is 2.49. The van der Waals surface area contributed by atoms with Crippen LogP contribution in [0, 0.1) is 0 Å². The van der Waals surface area contributed by atoms with Crippen molar-refractivity contribution in [2.75, 3.05) is 11.9 Å². The molecule has 0 bridgehead atoms. The van der Waals surface area contributed by atoms with Gasteiger partial charge in [0.15, 0.2) is 0 Å². The Morgan fingerprint density at radius 2 is 2.47 bits per heavy atom. The number of amides is 1. The number of nitrogens with one attached hydrogen (secondary N) is 2. The van der Waals surface area contributed by atoms with Crippen LogP contribution in [-0.2, 0) is 11.3 Å². The van der Waals surface area contributed by atoms with Gasteiger partial charge in [0.1, 0.15) is 5.82 Å². The van der Waals surface area contributed by atoms with Crippen molar-refractivity contribution >= 4 is 11.7 Å². The number of rotatable bonds is 3. The standard InChI is InChI=1S/C12H20N4O/c1-3-16-10(6-9-14-16)15-11(17)12(2)7-4-5-8-13-12/h6,9,13H,3-5,7-8H2,1-2H3,(H,15,17). The smallest absolute Gasteiger partial charge is 0.245 e. The number of aromatic nitrogens is 2. The molecule has 1 aliphatic rings. The fourth-order valence-corrected chi connectivity index (χ4v) is 2.20. The van der Waals surface area contributed by atoms with Gasteiger partial charge in [-0.1, -0.05) is 0 Å². The number of hydrogen-bond acceptors (Lipinski definition) is 3. The van der Waals surface area contributed by atoms with E-state index in [0.717, 1.165) is 38.2 Å². The van der Waals surface area contributed by atoms with Crippen molar-refractivity contribution < 1.29 is 4.79 Å². The van der Waals surface area contributed by atoms with Gasteiger partial charge < -0.3 is 10.6 Å². The van der Waals surface area contributed by atoms with E-state index in [1.165, 1.54) is 0 Å². The molecule has 2 N–H and O–H groups in total. The van der Waals surface area contributed by atoms with Gasteiger partial charge in [0.05, 0.1) is 11.7 Å². The molecule has 1 saturated heterocycles. The number of carbonyl (C=O) groups excluding carboxylic acids is 1. The first-order valence-corrected chi connectivity index (χ1v) is 6.24. The largest absolute Gasteiger partial charge is 0.309 e. The SMILES string of the molecule is CCn1nccc1NC(=O)C1(C)CCCCN1. The van der Waals surface area contributed by atoms with Crippen molar-refractivity contribution in [3.63, 3.8) is 0 Å². The number of piperidine rings is 1. The maximum absolute atomic E-state index is 12.2. The van der Waals surface area contributed by atoms with Crippen molar-refractivity contribution in [1.29, 1.82) is 0 Å². The van der Waals surface area contributed by atoms with Gasteiger partial charge in [-0.2, -0.15) is 5.10 Å². The van der Waals surface area contributed by atoms with Gasteiger partial charge in [-0.25, -0.2) is 4.68 Å². The van der Waals surface area contributed by atoms with E-state index in [0.29, 0.717) is 0 Å². The lowest BCUT2D eigenvalue weighted by Crippen LogP contribution is -2.54. The summed E-state index contributed by atoms with van der Waals surface area (Å²) in [5.41, 5.74) is -0.443. The van der Waals surface area contributed by atoms with Crippen molar-refractivity contribution in [1.82, 2.24) is 15.1 Å². The maximum Gasteiger partial charge on any atom is 0.245 e. The molecule has 0 aliphatic carbocycles. The Kier molecular flexibility index (Phi) is 3.47. The summed E-state index contributed by atoms with van der Waals surface area (Å²) in [6.45, 7) is 5.64. The highest BCUT2D eigenvalue weighted by Gasteiger charge is 2.34. The molecule has 1 aliphatic heterocycles. The summed E-state index contributed by atoms with van der Waals surface area (Å²) < 4.78 is 1.78. The molecule has 1 unspecified atom stereocenters. The summed E-state index contributed by atoms with van der Waals surface area (Å²) in [6, 6.07) is 1.83. The molecular formula is C12H20N4O. The molecule has 0 spiro atoms. The Morgan fingerprint density at radius 3 is 3.12 bits per heavy atom. The van der Waals surface area contributed by atoms with Gasteiger partial charge in [-0.15, -0.1) is 0 Å². The van der Waals surface area contributed by atoms with E-state index < -0.39 is 5.54 Å². The Hall–Kier alpha value is -1.36. The third-order valence-corrected chi connectivity index (χ3v) is 3.38. The zero-order chi connectivity index (χ0) is 12.3. The zero-order valence-electron chi connectivity index (χ0n) is 10.5. The lowest BCUT2D eigenvalue weighted by atomic mass is 9.90. The molecular weight excluding hydrogens is 216 g/mol. The van der Waals surface area contributed by atoms with Gasteiger partial charge in [0.2, 0.25) is 5.91 Å². The predicted octanol–water partition coefficient (Wildman–Crippen LogP) is 1.37. The monoisotopic (exact) mass is 236 g/mol. The molecule has 1 amide bonds. The number of anilines is 1. The fourth-order valence-electron chi connectivity index (χ4n) is 2.20. The van der Waals surface area contributed by atoms with E-state index in [1.807, 2.05) is 19.9 Å². The molecule has 0 radical (unpaired) electrons. The molecule has 0 aromatic carbocycles. The van der Waals surface area contributed by atoms with Crippen molar-refractivity contribution in [3.8, 4) is 0 Å². The topological polar surface area (TPSA) is 59.0 Å². The Labute approximate surface area is 102 Å². The van der Waals surface area contributed by atoms with Gasteiger partial charge in [-0.05, 0) is 39.7 Å². The van der Waals surface area contributed by atoms with Crippen LogP contribution in [0.4, 0.5) is 5.82 Å². The first-order chi connectivity index (χ1) is 8.15. The number of hydrogen-bond donors (Lipinski definition) is 2. The van der Waals surface area contributed by atoms with Crippen LogP contribution >= 0.6 is 0 Å². The predicted molar refractivity (Wildman–Crippen MR) is 66.8 cm³/mol. The summed E-state index contributed by atoms with van der Waals surface area (Å²) in [5.74, 6) is 0.804. The molecule has 1 fully saturated rings. The number of nitrogens with zero attached hydrogens (tertiary/aromatic N) is 2. The normalized spacial score (nSPS) is 24.6. The molecule has 1 atom stereocenters. The van der Waals surface area contributed by atoms with Crippen molar-refractivity contribution in [3.05, 3.63) is 12.3 Å². The van der Waals surface area contributed by atoms with Crippen LogP contribution in [-0.4, -0.2) is 27.8 Å². The highest BCUT2D eigenvalue weighted by molar-refractivity contribution is 5.97. The van der Waals surface area contributed by atoms with Gasteiger partial charge in [-0.3, -0.25) is 4.79 Å². The highest BCUT2D eigenvalue weighted by atomic mass is 16.2. The van der Waals surface area contributed by atoms with Crippen molar-refractivity contribution in [2.24, 2.45) is 0 Å². The Morgan fingerprint density at radius 1 is 1.65 bits per heavy atom. The minimum Gasteiger partial charge on any atom is -0.309 e. The highest BCUT2D eigenvalue weighted by Crippen LogP contribution is 2.20. The second-order valence-electron chi connectivity index (χ2n) is 4.70. The molecule has 1 aromatic heterocycles. The molecule has 0 saturated carbocycles. The molecule has 1 aromatic rings. The number of aryl methyl sites for hydroxylation is 1. The van der Waals surface area contributed by atoms with Crippen LogP contribution in [0.15, 0.2) is 12.3 Å². The average Bonchev–Trinajstić information content (AvgIpc) is 2.77. The second-order valence-corrected chi connectivity index (χ2v) is 4.70. The quantitative estimate of drug-likeness (QED) is 0.833. The van der Waals surface area contributed by atoms with E-state index in [4.69, 9.17) is 0 Å². The average molecular weight is 236 g/mol. The van der Waals surface area contributed by atoms with Crippen molar-refractivity contribution in [2.45, 2.75) is 45.2 Å². The third-order valence-electron chi connectivity index (χ3n) is 3.38. The molecule has 5 nitrogen and oxygen atoms in total. The minimum atomic E-state index is -0.443. The van der Waals surface area contributed by atoms with Gasteiger partial charge in [0, 0.05) is 12.6 Å². The summed E-state index contributed by atoms with van der Waals surface area (Å²) >= 11 is 0. The lowest BCUT2D eigenvalue weighted by molar-refractivity contribution is -0.122. The van der Waals surface area contributed by atoms with Crippen LogP contribution < -0.4 is 10.6 Å².